The molecule has 71 heavy (non-hydrogen) atoms. The summed E-state index contributed by atoms with van der Waals surface area (Å²) < 4.78 is 76.1. The van der Waals surface area contributed by atoms with E-state index >= 15 is 0 Å². The lowest BCUT2D eigenvalue weighted by atomic mass is 10.0. The first-order chi connectivity index (χ1) is 34.8. The van der Waals surface area contributed by atoms with Crippen molar-refractivity contribution in [2.75, 3.05) is 184 Å². The number of unbranched alkanes of at least 4 members (excludes halogenated alkanes) is 2. The number of amides is 5. The van der Waals surface area contributed by atoms with Crippen molar-refractivity contribution in [2.24, 2.45) is 0 Å². The molecule has 0 bridgehead atoms. The van der Waals surface area contributed by atoms with Gasteiger partial charge in [0.25, 0.3) is 11.8 Å². The van der Waals surface area contributed by atoms with Crippen LogP contribution in [0.1, 0.15) is 72.6 Å². The Morgan fingerprint density at radius 1 is 0.521 bits per heavy atom. The number of nitrogens with one attached hydrogen (secondary N) is 2. The van der Waals surface area contributed by atoms with Crippen molar-refractivity contribution in [1.29, 1.82) is 0 Å². The Balaban J connectivity index is 0.945. The number of hydrogen-bond acceptors (Lipinski definition) is 20. The van der Waals surface area contributed by atoms with Gasteiger partial charge in [-0.3, -0.25) is 39.0 Å². The number of ether oxygens (including phenoxy) is 14. The van der Waals surface area contributed by atoms with E-state index in [1.807, 2.05) is 0 Å². The highest BCUT2D eigenvalue weighted by Gasteiger charge is 2.45. The Morgan fingerprint density at radius 2 is 0.930 bits per heavy atom. The summed E-state index contributed by atoms with van der Waals surface area (Å²) in [5.41, 5.74) is 0.369. The summed E-state index contributed by atoms with van der Waals surface area (Å²) in [4.78, 5) is 74.8. The Kier molecular flexibility index (Phi) is 35.7. The smallest absolute Gasteiger partial charge is 0.308 e. The van der Waals surface area contributed by atoms with Crippen molar-refractivity contribution >= 4 is 41.2 Å². The molecule has 2 N–H and O–H groups in total. The molecule has 5 amide bonds. The molecular formula is C48H77N3O20. The molecule has 23 heteroatoms. The van der Waals surface area contributed by atoms with Crippen LogP contribution in [0.15, 0.2) is 18.2 Å². The van der Waals surface area contributed by atoms with Crippen LogP contribution < -0.4 is 10.6 Å². The molecule has 2 heterocycles. The molecule has 0 spiro atoms. The van der Waals surface area contributed by atoms with E-state index in [4.69, 9.17) is 66.3 Å². The molecule has 2 aliphatic heterocycles. The van der Waals surface area contributed by atoms with Gasteiger partial charge in [0.15, 0.2) is 0 Å². The molecule has 0 aromatic heterocycles. The number of anilines is 1. The van der Waals surface area contributed by atoms with Crippen LogP contribution in [-0.2, 0) is 85.5 Å². The molecular weight excluding hydrogens is 939 g/mol. The van der Waals surface area contributed by atoms with E-state index < -0.39 is 29.7 Å². The van der Waals surface area contributed by atoms with Crippen LogP contribution in [0.3, 0.4) is 0 Å². The highest BCUT2D eigenvalue weighted by molar-refractivity contribution is 6.26. The molecule has 1 fully saturated rings. The zero-order chi connectivity index (χ0) is 50.8. The van der Waals surface area contributed by atoms with E-state index in [-0.39, 0.29) is 54.4 Å². The zero-order valence-corrected chi connectivity index (χ0v) is 41.5. The predicted octanol–water partition coefficient (Wildman–Crippen LogP) is 1.76. The number of carbonyl (C=O) groups excluding carboxylic acids is 6. The van der Waals surface area contributed by atoms with Crippen molar-refractivity contribution in [2.45, 2.75) is 57.9 Å². The Morgan fingerprint density at radius 3 is 1.34 bits per heavy atom. The topological polar surface area (TPSA) is 259 Å². The highest BCUT2D eigenvalue weighted by Crippen LogP contribution is 2.32. The minimum Gasteiger partial charge on any atom is -0.466 e. The molecule has 0 radical (unpaired) electrons. The van der Waals surface area contributed by atoms with Gasteiger partial charge in [0.1, 0.15) is 6.04 Å². The summed E-state index contributed by atoms with van der Waals surface area (Å²) in [6.07, 6.45) is 2.66. The minimum atomic E-state index is -1.08. The van der Waals surface area contributed by atoms with Crippen molar-refractivity contribution in [3.8, 4) is 0 Å². The molecule has 1 unspecified atom stereocenters. The summed E-state index contributed by atoms with van der Waals surface area (Å²) in [6, 6.07) is 3.52. The van der Waals surface area contributed by atoms with Crippen LogP contribution in [0.2, 0.25) is 0 Å². The molecule has 23 nitrogen and oxygen atoms in total. The van der Waals surface area contributed by atoms with Gasteiger partial charge in [0.05, 0.1) is 195 Å². The predicted molar refractivity (Wildman–Crippen MR) is 252 cm³/mol. The standard InChI is InChI=1S/C48H77N3O20/c1-2-71-44(54)12-14-59-16-18-61-20-22-63-24-26-65-28-30-67-32-34-69-36-38-70-37-35-68-33-31-66-29-27-64-25-23-62-21-19-60-17-15-58-13-5-3-4-9-42(52)49-40-8-6-7-39-45(40)48(57)51(47(39)56)41-10-11-43(53)50-46(41)55/h6-8,41H,2-5,9-38H2,1H3,(H,49,52)(H,50,53,55). The minimum absolute atomic E-state index is 0.0237. The van der Waals surface area contributed by atoms with Crippen molar-refractivity contribution < 1.29 is 95.1 Å². The normalized spacial score (nSPS) is 14.6. The number of imide groups is 2. The van der Waals surface area contributed by atoms with E-state index in [1.165, 1.54) is 6.07 Å². The molecule has 0 saturated carbocycles. The first-order valence-electron chi connectivity index (χ1n) is 24.6. The van der Waals surface area contributed by atoms with Gasteiger partial charge < -0.3 is 71.6 Å². The fourth-order valence-electron chi connectivity index (χ4n) is 6.63. The quantitative estimate of drug-likeness (QED) is 0.0535. The Bertz CT molecular complexity index is 1640. The molecule has 1 aromatic rings. The third-order valence-corrected chi connectivity index (χ3v) is 10.2. The number of hydrogen-bond donors (Lipinski definition) is 2. The lowest BCUT2D eigenvalue weighted by molar-refractivity contribution is -0.144. The second-order valence-electron chi connectivity index (χ2n) is 15.6. The average molecular weight is 1020 g/mol. The Hall–Kier alpha value is -4.08. The summed E-state index contributed by atoms with van der Waals surface area (Å²) in [5.74, 6) is -3.00. The largest absolute Gasteiger partial charge is 0.466 e. The van der Waals surface area contributed by atoms with Gasteiger partial charge in [0.2, 0.25) is 17.7 Å². The number of benzene rings is 1. The third kappa shape index (κ3) is 28.7. The zero-order valence-electron chi connectivity index (χ0n) is 41.5. The number of fused-ring (bicyclic) bond motifs is 1. The van der Waals surface area contributed by atoms with Gasteiger partial charge >= 0.3 is 5.97 Å². The average Bonchev–Trinajstić information content (AvgIpc) is 3.61. The van der Waals surface area contributed by atoms with Crippen LogP contribution in [0.5, 0.6) is 0 Å². The molecule has 1 saturated heterocycles. The van der Waals surface area contributed by atoms with E-state index in [9.17, 15) is 28.8 Å². The van der Waals surface area contributed by atoms with Gasteiger partial charge in [-0.1, -0.05) is 12.5 Å². The fraction of sp³-hybridized carbons (Fsp3) is 0.750. The van der Waals surface area contributed by atoms with Crippen molar-refractivity contribution in [3.05, 3.63) is 29.3 Å². The molecule has 3 rings (SSSR count). The van der Waals surface area contributed by atoms with Gasteiger partial charge in [-0.2, -0.15) is 0 Å². The Labute approximate surface area is 416 Å². The molecule has 1 atom stereocenters. The number of rotatable bonds is 48. The van der Waals surface area contributed by atoms with E-state index in [2.05, 4.69) is 10.6 Å². The van der Waals surface area contributed by atoms with Crippen LogP contribution in [0, 0.1) is 0 Å². The number of esters is 1. The monoisotopic (exact) mass is 1020 g/mol. The summed E-state index contributed by atoms with van der Waals surface area (Å²) in [6.45, 7) is 13.9. The maximum atomic E-state index is 13.2. The summed E-state index contributed by atoms with van der Waals surface area (Å²) in [5, 5.41) is 4.91. The number of piperidine rings is 1. The van der Waals surface area contributed by atoms with Crippen LogP contribution in [0.4, 0.5) is 5.69 Å². The third-order valence-electron chi connectivity index (χ3n) is 10.2. The molecule has 2 aliphatic rings. The van der Waals surface area contributed by atoms with Crippen molar-refractivity contribution in [1.82, 2.24) is 10.2 Å². The van der Waals surface area contributed by atoms with E-state index in [0.29, 0.717) is 185 Å². The van der Waals surface area contributed by atoms with E-state index in [0.717, 1.165) is 17.7 Å². The van der Waals surface area contributed by atoms with Crippen LogP contribution >= 0.6 is 0 Å². The first kappa shape index (κ1) is 61.2. The maximum Gasteiger partial charge on any atom is 0.308 e. The van der Waals surface area contributed by atoms with Gasteiger partial charge in [-0.05, 0) is 38.3 Å². The summed E-state index contributed by atoms with van der Waals surface area (Å²) in [7, 11) is 0. The lowest BCUT2D eigenvalue weighted by Gasteiger charge is -2.27. The molecule has 1 aromatic carbocycles. The number of nitrogens with zero attached hydrogens (tertiary/aromatic N) is 1. The SMILES string of the molecule is CCOC(=O)CCOCCOCCOCCOCCOCCOCCOCCOCCOCCOCCOCCOCCOCCCCCC(=O)Nc1cccc2c1C(=O)N(C1CCC(=O)NC1=O)C2=O. The van der Waals surface area contributed by atoms with Gasteiger partial charge in [-0.25, -0.2) is 0 Å². The second kappa shape index (κ2) is 41.4. The number of carbonyl (C=O) groups is 6. The second-order valence-corrected chi connectivity index (χ2v) is 15.6. The fourth-order valence-corrected chi connectivity index (χ4v) is 6.63. The van der Waals surface area contributed by atoms with Gasteiger partial charge in [-0.15, -0.1) is 0 Å². The van der Waals surface area contributed by atoms with Crippen LogP contribution in [-0.4, -0.2) is 225 Å². The first-order valence-corrected chi connectivity index (χ1v) is 24.6. The van der Waals surface area contributed by atoms with Gasteiger partial charge in [0, 0.05) is 19.4 Å². The summed E-state index contributed by atoms with van der Waals surface area (Å²) >= 11 is 0. The highest BCUT2D eigenvalue weighted by atomic mass is 16.6. The van der Waals surface area contributed by atoms with Crippen molar-refractivity contribution in [3.63, 3.8) is 0 Å². The maximum absolute atomic E-state index is 13.2. The van der Waals surface area contributed by atoms with Crippen LogP contribution in [0.25, 0.3) is 0 Å². The molecule has 0 aliphatic carbocycles. The molecule has 404 valence electrons. The van der Waals surface area contributed by atoms with E-state index in [1.54, 1.807) is 19.1 Å². The lowest BCUT2D eigenvalue weighted by Crippen LogP contribution is -2.54.